The van der Waals surface area contributed by atoms with E-state index in [1.54, 1.807) is 0 Å². The van der Waals surface area contributed by atoms with Gasteiger partial charge in [0.25, 0.3) is 0 Å². The maximum absolute atomic E-state index is 3.56. The zero-order chi connectivity index (χ0) is 10.7. The summed E-state index contributed by atoms with van der Waals surface area (Å²) in [5, 5.41) is 0.929. The van der Waals surface area contributed by atoms with Crippen LogP contribution in [0.15, 0.2) is 22.7 Å². The number of hydrogen-bond donors (Lipinski definition) is 0. The van der Waals surface area contributed by atoms with Gasteiger partial charge in [-0.2, -0.15) is 0 Å². The smallest absolute Gasteiger partial charge is 0.0408 e. The topological polar surface area (TPSA) is 3.24 Å². The fourth-order valence-electron chi connectivity index (χ4n) is 2.10. The molecule has 0 atom stereocenters. The first-order valence-electron chi connectivity index (χ1n) is 5.40. The quantitative estimate of drug-likeness (QED) is 0.728. The van der Waals surface area contributed by atoms with Crippen LogP contribution in [0.1, 0.15) is 24.8 Å². The van der Waals surface area contributed by atoms with Gasteiger partial charge in [0, 0.05) is 28.6 Å². The highest BCUT2D eigenvalue weighted by molar-refractivity contribution is 9.10. The number of alkyl halides is 1. The van der Waals surface area contributed by atoms with Gasteiger partial charge in [0.15, 0.2) is 0 Å². The number of rotatable bonds is 2. The van der Waals surface area contributed by atoms with Gasteiger partial charge in [-0.1, -0.05) is 31.9 Å². The second kappa shape index (κ2) is 5.35. The summed E-state index contributed by atoms with van der Waals surface area (Å²) in [6, 6.07) is 6.57. The predicted molar refractivity (Wildman–Crippen MR) is 72.8 cm³/mol. The molecule has 1 aromatic carbocycles. The van der Waals surface area contributed by atoms with Crippen molar-refractivity contribution < 1.29 is 0 Å². The van der Waals surface area contributed by atoms with Gasteiger partial charge in [-0.15, -0.1) is 0 Å². The molecule has 0 spiro atoms. The predicted octanol–water partition coefficient (Wildman–Crippen LogP) is 4.33. The molecule has 0 aliphatic carbocycles. The molecule has 0 radical (unpaired) electrons. The van der Waals surface area contributed by atoms with Crippen LogP contribution in [0.3, 0.4) is 0 Å². The number of anilines is 1. The van der Waals surface area contributed by atoms with Crippen LogP contribution in [0, 0.1) is 0 Å². The third kappa shape index (κ3) is 2.76. The molecule has 82 valence electrons. The van der Waals surface area contributed by atoms with Crippen LogP contribution in [0.5, 0.6) is 0 Å². The van der Waals surface area contributed by atoms with Crippen molar-refractivity contribution in [2.24, 2.45) is 0 Å². The molecule has 1 aliphatic rings. The number of piperidine rings is 1. The van der Waals surface area contributed by atoms with E-state index < -0.39 is 0 Å². The first-order chi connectivity index (χ1) is 7.31. The zero-order valence-electron chi connectivity index (χ0n) is 8.68. The molecule has 1 aliphatic heterocycles. The maximum Gasteiger partial charge on any atom is 0.0408 e. The first-order valence-corrected chi connectivity index (χ1v) is 7.32. The van der Waals surface area contributed by atoms with Gasteiger partial charge in [-0.25, -0.2) is 0 Å². The van der Waals surface area contributed by atoms with E-state index in [9.17, 15) is 0 Å². The molecule has 1 saturated heterocycles. The van der Waals surface area contributed by atoms with Gasteiger partial charge in [0.2, 0.25) is 0 Å². The van der Waals surface area contributed by atoms with Gasteiger partial charge < -0.3 is 4.90 Å². The Morgan fingerprint density at radius 1 is 1.13 bits per heavy atom. The Labute approximate surface area is 108 Å². The summed E-state index contributed by atoms with van der Waals surface area (Å²) in [4.78, 5) is 2.51. The standard InChI is InChI=1S/C12H15Br2N/c13-9-10-8-11(14)4-5-12(10)15-6-2-1-3-7-15/h4-5,8H,1-3,6-7,9H2. The summed E-state index contributed by atoms with van der Waals surface area (Å²) < 4.78 is 1.16. The average molecular weight is 333 g/mol. The van der Waals surface area contributed by atoms with Crippen molar-refractivity contribution in [2.75, 3.05) is 18.0 Å². The van der Waals surface area contributed by atoms with Crippen LogP contribution in [0.2, 0.25) is 0 Å². The molecule has 1 fully saturated rings. The van der Waals surface area contributed by atoms with E-state index in [0.29, 0.717) is 0 Å². The normalized spacial score (nSPS) is 16.8. The molecular weight excluding hydrogens is 318 g/mol. The Hall–Kier alpha value is -0.0200. The summed E-state index contributed by atoms with van der Waals surface area (Å²) in [6.07, 6.45) is 4.05. The second-order valence-corrected chi connectivity index (χ2v) is 5.43. The minimum atomic E-state index is 0.929. The Morgan fingerprint density at radius 2 is 1.87 bits per heavy atom. The highest BCUT2D eigenvalue weighted by atomic mass is 79.9. The van der Waals surface area contributed by atoms with Gasteiger partial charge in [-0.05, 0) is 43.0 Å². The van der Waals surface area contributed by atoms with Crippen molar-refractivity contribution >= 4 is 37.5 Å². The minimum absolute atomic E-state index is 0.929. The van der Waals surface area contributed by atoms with Crippen LogP contribution in [-0.2, 0) is 5.33 Å². The van der Waals surface area contributed by atoms with Gasteiger partial charge in [-0.3, -0.25) is 0 Å². The zero-order valence-corrected chi connectivity index (χ0v) is 11.8. The van der Waals surface area contributed by atoms with Gasteiger partial charge >= 0.3 is 0 Å². The largest absolute Gasteiger partial charge is 0.371 e. The summed E-state index contributed by atoms with van der Waals surface area (Å²) in [7, 11) is 0. The van der Waals surface area contributed by atoms with E-state index >= 15 is 0 Å². The fraction of sp³-hybridized carbons (Fsp3) is 0.500. The Kier molecular flexibility index (Phi) is 4.09. The lowest BCUT2D eigenvalue weighted by molar-refractivity contribution is 0.577. The third-order valence-electron chi connectivity index (χ3n) is 2.88. The fourth-order valence-corrected chi connectivity index (χ4v) is 2.96. The third-order valence-corrected chi connectivity index (χ3v) is 3.98. The number of halogens is 2. The lowest BCUT2D eigenvalue weighted by Gasteiger charge is -2.30. The summed E-state index contributed by atoms with van der Waals surface area (Å²) in [5.74, 6) is 0. The van der Waals surface area contributed by atoms with Crippen molar-refractivity contribution in [3.63, 3.8) is 0 Å². The molecule has 0 saturated carbocycles. The van der Waals surface area contributed by atoms with E-state index in [0.717, 1.165) is 9.80 Å². The van der Waals surface area contributed by atoms with Crippen LogP contribution in [0.25, 0.3) is 0 Å². The molecule has 0 N–H and O–H groups in total. The van der Waals surface area contributed by atoms with E-state index in [2.05, 4.69) is 55.0 Å². The van der Waals surface area contributed by atoms with Crippen LogP contribution in [-0.4, -0.2) is 13.1 Å². The molecule has 1 aromatic rings. The van der Waals surface area contributed by atoms with Crippen LogP contribution >= 0.6 is 31.9 Å². The highest BCUT2D eigenvalue weighted by Crippen LogP contribution is 2.28. The lowest BCUT2D eigenvalue weighted by atomic mass is 10.1. The van der Waals surface area contributed by atoms with Crippen molar-refractivity contribution in [3.8, 4) is 0 Å². The molecule has 1 nitrogen and oxygen atoms in total. The molecule has 0 unspecified atom stereocenters. The Balaban J connectivity index is 2.25. The molecule has 3 heteroatoms. The molecule has 1 heterocycles. The highest BCUT2D eigenvalue weighted by Gasteiger charge is 2.13. The van der Waals surface area contributed by atoms with Crippen molar-refractivity contribution in [2.45, 2.75) is 24.6 Å². The van der Waals surface area contributed by atoms with Gasteiger partial charge in [0.05, 0.1) is 0 Å². The maximum atomic E-state index is 3.56. The monoisotopic (exact) mass is 331 g/mol. The van der Waals surface area contributed by atoms with Gasteiger partial charge in [0.1, 0.15) is 0 Å². The summed E-state index contributed by atoms with van der Waals surface area (Å²) in [5.41, 5.74) is 2.78. The van der Waals surface area contributed by atoms with E-state index in [1.165, 1.54) is 43.6 Å². The Morgan fingerprint density at radius 3 is 2.53 bits per heavy atom. The number of hydrogen-bond acceptors (Lipinski definition) is 1. The Bertz CT molecular complexity index is 332. The first kappa shape index (κ1) is 11.5. The van der Waals surface area contributed by atoms with Crippen molar-refractivity contribution in [1.82, 2.24) is 0 Å². The van der Waals surface area contributed by atoms with Crippen LogP contribution in [0.4, 0.5) is 5.69 Å². The average Bonchev–Trinajstić information content (AvgIpc) is 2.30. The van der Waals surface area contributed by atoms with Crippen molar-refractivity contribution in [1.29, 1.82) is 0 Å². The molecule has 0 aromatic heterocycles. The molecule has 2 rings (SSSR count). The second-order valence-electron chi connectivity index (χ2n) is 3.95. The van der Waals surface area contributed by atoms with Crippen LogP contribution < -0.4 is 4.90 Å². The van der Waals surface area contributed by atoms with E-state index in [-0.39, 0.29) is 0 Å². The SMILES string of the molecule is BrCc1cc(Br)ccc1N1CCCCC1. The van der Waals surface area contributed by atoms with E-state index in [1.807, 2.05) is 0 Å². The number of benzene rings is 1. The molecular formula is C12H15Br2N. The summed E-state index contributed by atoms with van der Waals surface area (Å²) in [6.45, 7) is 2.42. The molecule has 0 bridgehead atoms. The molecule has 15 heavy (non-hydrogen) atoms. The minimum Gasteiger partial charge on any atom is -0.371 e. The summed E-state index contributed by atoms with van der Waals surface area (Å²) >= 11 is 7.08. The lowest BCUT2D eigenvalue weighted by Crippen LogP contribution is -2.30. The molecule has 0 amide bonds. The van der Waals surface area contributed by atoms with Crippen molar-refractivity contribution in [3.05, 3.63) is 28.2 Å². The number of nitrogens with zero attached hydrogens (tertiary/aromatic N) is 1. The van der Waals surface area contributed by atoms with E-state index in [4.69, 9.17) is 0 Å².